The first-order valence-electron chi connectivity index (χ1n) is 5.96. The number of carbonyl (C=O) groups is 2. The highest BCUT2D eigenvalue weighted by atomic mass is 32.1. The Labute approximate surface area is 119 Å². The van der Waals surface area contributed by atoms with Gasteiger partial charge in [0.2, 0.25) is 11.8 Å². The molecule has 3 N–H and O–H groups in total. The van der Waals surface area contributed by atoms with Gasteiger partial charge in [-0.15, -0.1) is 11.3 Å². The lowest BCUT2D eigenvalue weighted by Gasteiger charge is -2.02. The summed E-state index contributed by atoms with van der Waals surface area (Å²) in [6, 6.07) is 0. The molecule has 0 spiro atoms. The highest BCUT2D eigenvalue weighted by Crippen LogP contribution is 2.14. The molecular formula is C12H14N4O3S. The molecule has 2 aromatic heterocycles. The Balaban J connectivity index is 1.77. The number of nitrogens with zero attached hydrogens (tertiary/aromatic N) is 2. The zero-order chi connectivity index (χ0) is 14.5. The molecule has 8 heteroatoms. The smallest absolute Gasteiger partial charge is 0.270 e. The number of amides is 2. The Bertz CT molecular complexity index is 620. The zero-order valence-electron chi connectivity index (χ0n) is 10.9. The molecule has 7 nitrogen and oxygen atoms in total. The number of primary amides is 1. The number of hydrogen-bond acceptors (Lipinski definition) is 6. The summed E-state index contributed by atoms with van der Waals surface area (Å²) in [6.07, 6.45) is 2.19. The van der Waals surface area contributed by atoms with E-state index in [1.54, 1.807) is 5.51 Å². The molecule has 2 rings (SSSR count). The third-order valence-corrected chi connectivity index (χ3v) is 3.66. The van der Waals surface area contributed by atoms with Crippen LogP contribution < -0.4 is 11.1 Å². The summed E-state index contributed by atoms with van der Waals surface area (Å²) in [5, 5.41) is 2.67. The number of hydrogen-bond donors (Lipinski definition) is 2. The fraction of sp³-hybridized carbons (Fsp3) is 0.333. The van der Waals surface area contributed by atoms with Crippen LogP contribution in [0, 0.1) is 6.92 Å². The molecule has 0 fully saturated rings. The van der Waals surface area contributed by atoms with Crippen molar-refractivity contribution in [3.05, 3.63) is 33.9 Å². The molecule has 2 aromatic rings. The minimum absolute atomic E-state index is 0.0505. The third-order valence-electron chi connectivity index (χ3n) is 2.66. The van der Waals surface area contributed by atoms with Crippen molar-refractivity contribution in [2.24, 2.45) is 5.73 Å². The number of oxazole rings is 1. The van der Waals surface area contributed by atoms with Crippen LogP contribution in [0.5, 0.6) is 0 Å². The molecule has 0 aliphatic rings. The maximum atomic E-state index is 11.7. The van der Waals surface area contributed by atoms with Crippen LogP contribution in [0.15, 0.2) is 16.2 Å². The lowest BCUT2D eigenvalue weighted by atomic mass is 10.2. The van der Waals surface area contributed by atoms with E-state index < -0.39 is 5.91 Å². The average molecular weight is 294 g/mol. The van der Waals surface area contributed by atoms with Crippen molar-refractivity contribution in [1.29, 1.82) is 0 Å². The summed E-state index contributed by atoms with van der Waals surface area (Å²) >= 11 is 1.54. The van der Waals surface area contributed by atoms with Crippen LogP contribution in [-0.4, -0.2) is 21.8 Å². The van der Waals surface area contributed by atoms with E-state index >= 15 is 0 Å². The molecule has 0 aliphatic heterocycles. The van der Waals surface area contributed by atoms with Crippen LogP contribution in [-0.2, 0) is 17.8 Å². The van der Waals surface area contributed by atoms with Crippen LogP contribution in [0.4, 0.5) is 0 Å². The van der Waals surface area contributed by atoms with E-state index in [9.17, 15) is 9.59 Å². The minimum Gasteiger partial charge on any atom is -0.446 e. The standard InChI is InChI=1S/C12H14N4O3S/c1-7-9(20-6-15-7)2-3-10(17)14-4-11-16-8(5-19-11)12(13)18/h5-6H,2-4H2,1H3,(H2,13,18)(H,14,17). The van der Waals surface area contributed by atoms with E-state index in [4.69, 9.17) is 10.2 Å². The van der Waals surface area contributed by atoms with Gasteiger partial charge in [-0.3, -0.25) is 9.59 Å². The van der Waals surface area contributed by atoms with Gasteiger partial charge in [0, 0.05) is 11.3 Å². The van der Waals surface area contributed by atoms with Gasteiger partial charge < -0.3 is 15.5 Å². The summed E-state index contributed by atoms with van der Waals surface area (Å²) in [5.74, 6) is -0.523. The molecule has 20 heavy (non-hydrogen) atoms. The molecule has 0 aliphatic carbocycles. The van der Waals surface area contributed by atoms with Crippen molar-refractivity contribution in [1.82, 2.24) is 15.3 Å². The van der Waals surface area contributed by atoms with Crippen LogP contribution in [0.1, 0.15) is 33.4 Å². The van der Waals surface area contributed by atoms with Gasteiger partial charge in [-0.25, -0.2) is 9.97 Å². The summed E-state index contributed by atoms with van der Waals surface area (Å²) in [4.78, 5) is 31.6. The number of carbonyl (C=O) groups excluding carboxylic acids is 2. The fourth-order valence-corrected chi connectivity index (χ4v) is 2.34. The quantitative estimate of drug-likeness (QED) is 0.818. The van der Waals surface area contributed by atoms with Crippen molar-refractivity contribution < 1.29 is 14.0 Å². The van der Waals surface area contributed by atoms with E-state index in [0.29, 0.717) is 12.8 Å². The Morgan fingerprint density at radius 3 is 2.90 bits per heavy atom. The van der Waals surface area contributed by atoms with E-state index in [-0.39, 0.29) is 24.0 Å². The van der Waals surface area contributed by atoms with E-state index in [1.807, 2.05) is 6.92 Å². The SMILES string of the molecule is Cc1ncsc1CCC(=O)NCc1nc(C(N)=O)co1. The molecular weight excluding hydrogens is 280 g/mol. The van der Waals surface area contributed by atoms with Crippen LogP contribution >= 0.6 is 11.3 Å². The first-order valence-corrected chi connectivity index (χ1v) is 6.84. The maximum Gasteiger partial charge on any atom is 0.270 e. The van der Waals surface area contributed by atoms with Gasteiger partial charge >= 0.3 is 0 Å². The van der Waals surface area contributed by atoms with Gasteiger partial charge in [-0.2, -0.15) is 0 Å². The van der Waals surface area contributed by atoms with Crippen molar-refractivity contribution >= 4 is 23.2 Å². The minimum atomic E-state index is -0.660. The predicted molar refractivity (Wildman–Crippen MR) is 72.0 cm³/mol. The number of nitrogens with two attached hydrogens (primary N) is 1. The molecule has 0 aromatic carbocycles. The summed E-state index contributed by atoms with van der Waals surface area (Å²) in [5.41, 5.74) is 7.82. The molecule has 0 saturated carbocycles. The second kappa shape index (κ2) is 6.29. The van der Waals surface area contributed by atoms with Crippen LogP contribution in [0.3, 0.4) is 0 Å². The fourth-order valence-electron chi connectivity index (χ4n) is 1.56. The molecule has 0 atom stereocenters. The first kappa shape index (κ1) is 14.2. The maximum absolute atomic E-state index is 11.7. The third kappa shape index (κ3) is 3.64. The van der Waals surface area contributed by atoms with Gasteiger partial charge in [-0.1, -0.05) is 0 Å². The molecule has 0 saturated heterocycles. The molecule has 2 amide bonds. The Kier molecular flexibility index (Phi) is 4.46. The second-order valence-electron chi connectivity index (χ2n) is 4.13. The lowest BCUT2D eigenvalue weighted by molar-refractivity contribution is -0.121. The number of thiazole rings is 1. The highest BCUT2D eigenvalue weighted by molar-refractivity contribution is 7.09. The molecule has 2 heterocycles. The van der Waals surface area contributed by atoms with Gasteiger partial charge in [0.05, 0.1) is 17.7 Å². The van der Waals surface area contributed by atoms with Crippen molar-refractivity contribution in [3.8, 4) is 0 Å². The molecule has 0 radical (unpaired) electrons. The van der Waals surface area contributed by atoms with Gasteiger partial charge in [0.1, 0.15) is 6.26 Å². The lowest BCUT2D eigenvalue weighted by Crippen LogP contribution is -2.23. The summed E-state index contributed by atoms with van der Waals surface area (Å²) in [7, 11) is 0. The van der Waals surface area contributed by atoms with E-state index in [0.717, 1.165) is 10.6 Å². The zero-order valence-corrected chi connectivity index (χ0v) is 11.7. The monoisotopic (exact) mass is 294 g/mol. The topological polar surface area (TPSA) is 111 Å². The first-order chi connectivity index (χ1) is 9.56. The Morgan fingerprint density at radius 1 is 1.50 bits per heavy atom. The molecule has 0 bridgehead atoms. The Morgan fingerprint density at radius 2 is 2.30 bits per heavy atom. The number of rotatable bonds is 6. The largest absolute Gasteiger partial charge is 0.446 e. The predicted octanol–water partition coefficient (Wildman–Crippen LogP) is 0.787. The highest BCUT2D eigenvalue weighted by Gasteiger charge is 2.10. The van der Waals surface area contributed by atoms with Crippen molar-refractivity contribution in [3.63, 3.8) is 0 Å². The van der Waals surface area contributed by atoms with E-state index in [2.05, 4.69) is 15.3 Å². The van der Waals surface area contributed by atoms with E-state index in [1.165, 1.54) is 17.6 Å². The Hall–Kier alpha value is -2.22. The summed E-state index contributed by atoms with van der Waals surface area (Å²) < 4.78 is 5.01. The summed E-state index contributed by atoms with van der Waals surface area (Å²) in [6.45, 7) is 2.05. The average Bonchev–Trinajstić information content (AvgIpc) is 3.03. The second-order valence-corrected chi connectivity index (χ2v) is 5.07. The van der Waals surface area contributed by atoms with Crippen LogP contribution in [0.25, 0.3) is 0 Å². The van der Waals surface area contributed by atoms with Crippen molar-refractivity contribution in [2.45, 2.75) is 26.3 Å². The van der Waals surface area contributed by atoms with Gasteiger partial charge in [-0.05, 0) is 13.3 Å². The van der Waals surface area contributed by atoms with Gasteiger partial charge in [0.25, 0.3) is 5.91 Å². The number of aromatic nitrogens is 2. The van der Waals surface area contributed by atoms with Crippen molar-refractivity contribution in [2.75, 3.05) is 0 Å². The normalized spacial score (nSPS) is 10.4. The number of nitrogens with one attached hydrogen (secondary N) is 1. The molecule has 0 unspecified atom stereocenters. The molecule has 106 valence electrons. The number of aryl methyl sites for hydroxylation is 2. The van der Waals surface area contributed by atoms with Crippen LogP contribution in [0.2, 0.25) is 0 Å². The van der Waals surface area contributed by atoms with Gasteiger partial charge in [0.15, 0.2) is 5.69 Å².